The fourth-order valence-electron chi connectivity index (χ4n) is 1.94. The van der Waals surface area contributed by atoms with Crippen molar-refractivity contribution in [2.45, 2.75) is 6.42 Å². The minimum Gasteiger partial charge on any atom is -0.481 e. The smallest absolute Gasteiger partial charge is 0.326 e. The minimum absolute atomic E-state index is 0.104. The number of carboxylic acid groups (broad SMARTS) is 1. The Hall–Kier alpha value is -2.57. The van der Waals surface area contributed by atoms with Crippen LogP contribution in [0.15, 0.2) is 23.0 Å². The number of H-pyrrole nitrogens is 1. The zero-order valence-corrected chi connectivity index (χ0v) is 11.2. The minimum atomic E-state index is -0.951. The maximum atomic E-state index is 12.2. The van der Waals surface area contributed by atoms with Gasteiger partial charge in [-0.25, -0.2) is 4.79 Å². The Morgan fingerprint density at radius 1 is 1.40 bits per heavy atom. The van der Waals surface area contributed by atoms with Gasteiger partial charge in [0.15, 0.2) is 0 Å². The molecule has 1 heterocycles. The number of nitrogens with zero attached hydrogens (tertiary/aromatic N) is 2. The van der Waals surface area contributed by atoms with Crippen molar-refractivity contribution >= 4 is 22.9 Å². The number of carboxylic acids is 1. The molecule has 7 nitrogen and oxygen atoms in total. The van der Waals surface area contributed by atoms with E-state index in [1.807, 2.05) is 0 Å². The fraction of sp³-hybridized carbons (Fsp3) is 0.308. The number of fused-ring (bicyclic) bond motifs is 1. The molecular weight excluding hydrogens is 262 g/mol. The third-order valence-electron chi connectivity index (χ3n) is 3.16. The lowest BCUT2D eigenvalue weighted by molar-refractivity contribution is -0.137. The average molecular weight is 277 g/mol. The maximum absolute atomic E-state index is 12.2. The molecule has 0 atom stereocenters. The first-order chi connectivity index (χ1) is 9.40. The van der Waals surface area contributed by atoms with Gasteiger partial charge in [-0.15, -0.1) is 0 Å². The van der Waals surface area contributed by atoms with Crippen molar-refractivity contribution in [1.29, 1.82) is 0 Å². The molecule has 7 heteroatoms. The number of rotatable bonds is 4. The van der Waals surface area contributed by atoms with Crippen LogP contribution in [0.3, 0.4) is 0 Å². The van der Waals surface area contributed by atoms with E-state index in [4.69, 9.17) is 5.11 Å². The van der Waals surface area contributed by atoms with E-state index < -0.39 is 5.97 Å². The number of nitrogens with one attached hydrogen (secondary N) is 1. The highest BCUT2D eigenvalue weighted by Gasteiger charge is 2.14. The van der Waals surface area contributed by atoms with Crippen molar-refractivity contribution in [3.05, 3.63) is 34.2 Å². The molecule has 0 aliphatic rings. The third-order valence-corrected chi connectivity index (χ3v) is 3.16. The molecule has 0 saturated carbocycles. The van der Waals surface area contributed by atoms with Crippen LogP contribution in [0.2, 0.25) is 0 Å². The lowest BCUT2D eigenvalue weighted by atomic mass is 10.1. The second-order valence-corrected chi connectivity index (χ2v) is 4.59. The summed E-state index contributed by atoms with van der Waals surface area (Å²) in [5, 5.41) is 8.62. The summed E-state index contributed by atoms with van der Waals surface area (Å²) in [7, 11) is 3.16. The topological polar surface area (TPSA) is 95.4 Å². The Morgan fingerprint density at radius 2 is 2.10 bits per heavy atom. The highest BCUT2D eigenvalue weighted by Crippen LogP contribution is 2.13. The maximum Gasteiger partial charge on any atom is 0.326 e. The SMILES string of the molecule is CN(CCC(=O)O)C(=O)c1ccc2[nH]c(=O)n(C)c2c1. The van der Waals surface area contributed by atoms with E-state index in [1.54, 1.807) is 32.3 Å². The molecule has 0 saturated heterocycles. The standard InChI is InChI=1S/C13H15N3O4/c1-15(6-5-11(17)18)12(19)8-3-4-9-10(7-8)16(2)13(20)14-9/h3-4,7H,5-6H2,1-2H3,(H,14,20)(H,17,18). The van der Waals surface area contributed by atoms with Crippen molar-refractivity contribution in [3.8, 4) is 0 Å². The average Bonchev–Trinajstić information content (AvgIpc) is 2.70. The summed E-state index contributed by atoms with van der Waals surface area (Å²) in [5.41, 5.74) is 1.46. The van der Waals surface area contributed by atoms with Crippen LogP contribution in [-0.4, -0.2) is 45.0 Å². The van der Waals surface area contributed by atoms with Gasteiger partial charge in [-0.1, -0.05) is 0 Å². The van der Waals surface area contributed by atoms with Crippen LogP contribution in [0.25, 0.3) is 11.0 Å². The van der Waals surface area contributed by atoms with E-state index >= 15 is 0 Å². The zero-order chi connectivity index (χ0) is 14.9. The predicted molar refractivity (Wildman–Crippen MR) is 72.8 cm³/mol. The van der Waals surface area contributed by atoms with E-state index in [-0.39, 0.29) is 24.6 Å². The number of carbonyl (C=O) groups is 2. The van der Waals surface area contributed by atoms with Crippen LogP contribution < -0.4 is 5.69 Å². The first-order valence-corrected chi connectivity index (χ1v) is 6.06. The van der Waals surface area contributed by atoms with Crippen LogP contribution in [-0.2, 0) is 11.8 Å². The normalized spacial score (nSPS) is 10.7. The Labute approximate surface area is 114 Å². The van der Waals surface area contributed by atoms with Crippen molar-refractivity contribution in [2.24, 2.45) is 7.05 Å². The van der Waals surface area contributed by atoms with Crippen LogP contribution in [0, 0.1) is 0 Å². The number of hydrogen-bond donors (Lipinski definition) is 2. The molecule has 0 spiro atoms. The summed E-state index contributed by atoms with van der Waals surface area (Å²) >= 11 is 0. The second-order valence-electron chi connectivity index (χ2n) is 4.59. The number of aromatic nitrogens is 2. The van der Waals surface area contributed by atoms with Gasteiger partial charge in [-0.2, -0.15) is 0 Å². The molecule has 1 aromatic carbocycles. The molecule has 0 fully saturated rings. The molecular formula is C13H15N3O4. The molecule has 0 unspecified atom stereocenters. The molecule has 2 aromatic rings. The lowest BCUT2D eigenvalue weighted by Gasteiger charge is -2.16. The number of aryl methyl sites for hydroxylation is 1. The summed E-state index contributed by atoms with van der Waals surface area (Å²) in [5.74, 6) is -1.23. The number of aromatic amines is 1. The number of imidazole rings is 1. The van der Waals surface area contributed by atoms with Gasteiger partial charge >= 0.3 is 11.7 Å². The molecule has 1 amide bonds. The molecule has 106 valence electrons. The second kappa shape index (κ2) is 5.20. The van der Waals surface area contributed by atoms with E-state index in [0.717, 1.165) is 0 Å². The summed E-state index contributed by atoms with van der Waals surface area (Å²) in [6.45, 7) is 0.137. The zero-order valence-electron chi connectivity index (χ0n) is 11.2. The monoisotopic (exact) mass is 277 g/mol. The molecule has 2 N–H and O–H groups in total. The van der Waals surface area contributed by atoms with Crippen molar-refractivity contribution in [3.63, 3.8) is 0 Å². The van der Waals surface area contributed by atoms with Crippen LogP contribution in [0.5, 0.6) is 0 Å². The van der Waals surface area contributed by atoms with Gasteiger partial charge in [0.05, 0.1) is 17.5 Å². The fourth-order valence-corrected chi connectivity index (χ4v) is 1.94. The van der Waals surface area contributed by atoms with Gasteiger partial charge in [0.1, 0.15) is 0 Å². The highest BCUT2D eigenvalue weighted by molar-refractivity contribution is 5.97. The van der Waals surface area contributed by atoms with Gasteiger partial charge < -0.3 is 15.0 Å². The Kier molecular flexibility index (Phi) is 3.60. The summed E-state index contributed by atoms with van der Waals surface area (Å²) in [6, 6.07) is 4.89. The van der Waals surface area contributed by atoms with Crippen molar-refractivity contribution in [2.75, 3.05) is 13.6 Å². The van der Waals surface area contributed by atoms with Gasteiger partial charge in [0, 0.05) is 26.2 Å². The van der Waals surface area contributed by atoms with Crippen LogP contribution in [0.4, 0.5) is 0 Å². The molecule has 20 heavy (non-hydrogen) atoms. The van der Waals surface area contributed by atoms with Crippen molar-refractivity contribution in [1.82, 2.24) is 14.5 Å². The van der Waals surface area contributed by atoms with E-state index in [2.05, 4.69) is 4.98 Å². The van der Waals surface area contributed by atoms with Gasteiger partial charge in [0.25, 0.3) is 5.91 Å². The predicted octanol–water partition coefficient (Wildman–Crippen LogP) is 0.413. The number of hydrogen-bond acceptors (Lipinski definition) is 3. The van der Waals surface area contributed by atoms with E-state index in [9.17, 15) is 14.4 Å². The summed E-state index contributed by atoms with van der Waals surface area (Å²) in [4.78, 5) is 38.2. The largest absolute Gasteiger partial charge is 0.481 e. The first kappa shape index (κ1) is 13.9. The molecule has 0 bridgehead atoms. The Morgan fingerprint density at radius 3 is 2.75 bits per heavy atom. The number of carbonyl (C=O) groups excluding carboxylic acids is 1. The molecule has 0 aliphatic carbocycles. The summed E-state index contributed by atoms with van der Waals surface area (Å²) in [6.07, 6.45) is -0.104. The third kappa shape index (κ3) is 2.56. The van der Waals surface area contributed by atoms with Gasteiger partial charge in [-0.05, 0) is 18.2 Å². The van der Waals surface area contributed by atoms with Crippen LogP contribution in [0.1, 0.15) is 16.8 Å². The number of benzene rings is 1. The van der Waals surface area contributed by atoms with Crippen LogP contribution >= 0.6 is 0 Å². The molecule has 1 aromatic heterocycles. The summed E-state index contributed by atoms with van der Waals surface area (Å²) < 4.78 is 1.42. The first-order valence-electron chi connectivity index (χ1n) is 6.06. The lowest BCUT2D eigenvalue weighted by Crippen LogP contribution is -2.29. The molecule has 0 radical (unpaired) electrons. The Bertz CT molecular complexity index is 729. The quantitative estimate of drug-likeness (QED) is 0.846. The number of aliphatic carboxylic acids is 1. The van der Waals surface area contributed by atoms with Gasteiger partial charge in [-0.3, -0.25) is 14.2 Å². The van der Waals surface area contributed by atoms with Gasteiger partial charge in [0.2, 0.25) is 0 Å². The molecule has 2 rings (SSSR count). The number of amides is 1. The highest BCUT2D eigenvalue weighted by atomic mass is 16.4. The Balaban J connectivity index is 2.28. The van der Waals surface area contributed by atoms with Crippen molar-refractivity contribution < 1.29 is 14.7 Å². The molecule has 0 aliphatic heterocycles. The van der Waals surface area contributed by atoms with E-state index in [0.29, 0.717) is 16.6 Å². The van der Waals surface area contributed by atoms with E-state index in [1.165, 1.54) is 9.47 Å².